The van der Waals surface area contributed by atoms with Crippen LogP contribution in [0.5, 0.6) is 0 Å². The molecule has 0 N–H and O–H groups in total. The predicted molar refractivity (Wildman–Crippen MR) is 78.9 cm³/mol. The molecule has 0 bridgehead atoms. The highest BCUT2D eigenvalue weighted by Crippen LogP contribution is 2.23. The van der Waals surface area contributed by atoms with Crippen LogP contribution < -0.4 is 0 Å². The molecule has 0 aromatic heterocycles. The number of hydrogen-bond acceptors (Lipinski definition) is 1. The van der Waals surface area contributed by atoms with Gasteiger partial charge in [-0.25, -0.2) is 0 Å². The molecular formula is C17H25NO. The maximum Gasteiger partial charge on any atom is 0.225 e. The Bertz CT molecular complexity index is 393. The van der Waals surface area contributed by atoms with E-state index in [1.807, 2.05) is 6.92 Å². The molecule has 1 aliphatic heterocycles. The number of piperidine rings is 1. The lowest BCUT2D eigenvalue weighted by Gasteiger charge is -2.33. The normalized spacial score (nSPS) is 18.3. The maximum absolute atomic E-state index is 12.1. The minimum atomic E-state index is 0.186. The van der Waals surface area contributed by atoms with Crippen LogP contribution in [-0.2, 0) is 11.2 Å². The van der Waals surface area contributed by atoms with Gasteiger partial charge in [-0.15, -0.1) is 0 Å². The van der Waals surface area contributed by atoms with Crippen molar-refractivity contribution in [2.75, 3.05) is 13.1 Å². The molecule has 1 saturated heterocycles. The van der Waals surface area contributed by atoms with Crippen LogP contribution in [0.3, 0.4) is 0 Å². The van der Waals surface area contributed by atoms with Gasteiger partial charge in [-0.2, -0.15) is 0 Å². The average molecular weight is 259 g/mol. The molecule has 1 unspecified atom stereocenters. The third-order valence-electron chi connectivity index (χ3n) is 4.33. The van der Waals surface area contributed by atoms with Crippen LogP contribution in [-0.4, -0.2) is 23.9 Å². The summed E-state index contributed by atoms with van der Waals surface area (Å²) in [5.74, 6) is 1.27. The van der Waals surface area contributed by atoms with E-state index >= 15 is 0 Å². The van der Waals surface area contributed by atoms with E-state index in [4.69, 9.17) is 0 Å². The van der Waals surface area contributed by atoms with Crippen LogP contribution in [0, 0.1) is 11.8 Å². The summed E-state index contributed by atoms with van der Waals surface area (Å²) >= 11 is 0. The van der Waals surface area contributed by atoms with E-state index in [0.717, 1.165) is 44.7 Å². The number of carbonyl (C=O) groups is 1. The number of benzene rings is 1. The van der Waals surface area contributed by atoms with E-state index in [1.54, 1.807) is 0 Å². The highest BCUT2D eigenvalue weighted by atomic mass is 16.2. The summed E-state index contributed by atoms with van der Waals surface area (Å²) in [6, 6.07) is 10.7. The van der Waals surface area contributed by atoms with Crippen LogP contribution in [0.4, 0.5) is 0 Å². The standard InChI is InChI=1S/C17H25NO/c1-3-14(2)17(19)18-11-9-16(10-12-18)13-15-7-5-4-6-8-15/h4-8,14,16H,3,9-13H2,1-2H3. The minimum Gasteiger partial charge on any atom is -0.342 e. The Labute approximate surface area is 116 Å². The van der Waals surface area contributed by atoms with Gasteiger partial charge >= 0.3 is 0 Å². The predicted octanol–water partition coefficient (Wildman–Crippen LogP) is 3.51. The Morgan fingerprint density at radius 2 is 1.89 bits per heavy atom. The molecule has 1 fully saturated rings. The summed E-state index contributed by atoms with van der Waals surface area (Å²) in [6.45, 7) is 6.02. The molecule has 0 aliphatic carbocycles. The first-order valence-electron chi connectivity index (χ1n) is 7.53. The Morgan fingerprint density at radius 3 is 2.47 bits per heavy atom. The van der Waals surface area contributed by atoms with E-state index in [0.29, 0.717) is 5.91 Å². The summed E-state index contributed by atoms with van der Waals surface area (Å²) in [4.78, 5) is 14.2. The molecule has 2 rings (SSSR count). The van der Waals surface area contributed by atoms with Gasteiger partial charge in [0, 0.05) is 19.0 Å². The van der Waals surface area contributed by atoms with Gasteiger partial charge in [-0.05, 0) is 37.2 Å². The van der Waals surface area contributed by atoms with Crippen LogP contribution in [0.2, 0.25) is 0 Å². The topological polar surface area (TPSA) is 20.3 Å². The van der Waals surface area contributed by atoms with E-state index < -0.39 is 0 Å². The molecule has 0 radical (unpaired) electrons. The first kappa shape index (κ1) is 14.1. The highest BCUT2D eigenvalue weighted by molar-refractivity contribution is 5.78. The number of hydrogen-bond donors (Lipinski definition) is 0. The lowest BCUT2D eigenvalue weighted by atomic mass is 9.89. The van der Waals surface area contributed by atoms with Crippen LogP contribution in [0.25, 0.3) is 0 Å². The molecule has 1 aromatic rings. The zero-order valence-corrected chi connectivity index (χ0v) is 12.1. The Morgan fingerprint density at radius 1 is 1.26 bits per heavy atom. The Hall–Kier alpha value is -1.31. The van der Waals surface area contributed by atoms with Crippen molar-refractivity contribution >= 4 is 5.91 Å². The summed E-state index contributed by atoms with van der Waals surface area (Å²) < 4.78 is 0. The average Bonchev–Trinajstić information content (AvgIpc) is 2.47. The second-order valence-corrected chi connectivity index (χ2v) is 5.77. The van der Waals surface area contributed by atoms with Crippen molar-refractivity contribution in [3.63, 3.8) is 0 Å². The Balaban J connectivity index is 1.81. The fourth-order valence-corrected chi connectivity index (χ4v) is 2.79. The first-order valence-corrected chi connectivity index (χ1v) is 7.53. The summed E-state index contributed by atoms with van der Waals surface area (Å²) in [5, 5.41) is 0. The van der Waals surface area contributed by atoms with Gasteiger partial charge in [-0.3, -0.25) is 4.79 Å². The quantitative estimate of drug-likeness (QED) is 0.810. The lowest BCUT2D eigenvalue weighted by molar-refractivity contribution is -0.136. The van der Waals surface area contributed by atoms with Crippen molar-refractivity contribution in [1.29, 1.82) is 0 Å². The van der Waals surface area contributed by atoms with E-state index in [2.05, 4.69) is 42.2 Å². The second-order valence-electron chi connectivity index (χ2n) is 5.77. The van der Waals surface area contributed by atoms with Gasteiger partial charge in [0.2, 0.25) is 5.91 Å². The molecule has 1 aromatic carbocycles. The van der Waals surface area contributed by atoms with Gasteiger partial charge in [-0.1, -0.05) is 44.2 Å². The molecule has 1 aliphatic rings. The van der Waals surface area contributed by atoms with E-state index in [9.17, 15) is 4.79 Å². The fraction of sp³-hybridized carbons (Fsp3) is 0.588. The lowest BCUT2D eigenvalue weighted by Crippen LogP contribution is -2.41. The highest BCUT2D eigenvalue weighted by Gasteiger charge is 2.25. The first-order chi connectivity index (χ1) is 9.20. The van der Waals surface area contributed by atoms with Crippen molar-refractivity contribution in [2.24, 2.45) is 11.8 Å². The number of rotatable bonds is 4. The molecule has 19 heavy (non-hydrogen) atoms. The summed E-state index contributed by atoms with van der Waals surface area (Å²) in [7, 11) is 0. The Kier molecular flexibility index (Phi) is 5.00. The molecule has 1 amide bonds. The molecule has 1 atom stereocenters. The molecule has 2 nitrogen and oxygen atoms in total. The van der Waals surface area contributed by atoms with Gasteiger partial charge < -0.3 is 4.90 Å². The monoisotopic (exact) mass is 259 g/mol. The van der Waals surface area contributed by atoms with E-state index in [1.165, 1.54) is 5.56 Å². The molecule has 1 heterocycles. The third kappa shape index (κ3) is 3.82. The van der Waals surface area contributed by atoms with Crippen LogP contribution in [0.15, 0.2) is 30.3 Å². The van der Waals surface area contributed by atoms with E-state index in [-0.39, 0.29) is 5.92 Å². The van der Waals surface area contributed by atoms with Crippen molar-refractivity contribution in [1.82, 2.24) is 4.90 Å². The van der Waals surface area contributed by atoms with Crippen molar-refractivity contribution in [3.05, 3.63) is 35.9 Å². The van der Waals surface area contributed by atoms with Gasteiger partial charge in [0.15, 0.2) is 0 Å². The number of carbonyl (C=O) groups excluding carboxylic acids is 1. The van der Waals surface area contributed by atoms with Crippen molar-refractivity contribution in [2.45, 2.75) is 39.5 Å². The zero-order valence-electron chi connectivity index (χ0n) is 12.1. The van der Waals surface area contributed by atoms with Crippen LogP contribution >= 0.6 is 0 Å². The second kappa shape index (κ2) is 6.74. The van der Waals surface area contributed by atoms with Crippen LogP contribution in [0.1, 0.15) is 38.7 Å². The summed E-state index contributed by atoms with van der Waals surface area (Å²) in [5.41, 5.74) is 1.43. The zero-order chi connectivity index (χ0) is 13.7. The number of amides is 1. The minimum absolute atomic E-state index is 0.186. The number of likely N-dealkylation sites (tertiary alicyclic amines) is 1. The molecule has 104 valence electrons. The van der Waals surface area contributed by atoms with Crippen molar-refractivity contribution in [3.8, 4) is 0 Å². The number of nitrogens with zero attached hydrogens (tertiary/aromatic N) is 1. The third-order valence-corrected chi connectivity index (χ3v) is 4.33. The smallest absolute Gasteiger partial charge is 0.225 e. The van der Waals surface area contributed by atoms with Gasteiger partial charge in [0.25, 0.3) is 0 Å². The SMILES string of the molecule is CCC(C)C(=O)N1CCC(Cc2ccccc2)CC1. The van der Waals surface area contributed by atoms with Gasteiger partial charge in [0.1, 0.15) is 0 Å². The molecule has 0 saturated carbocycles. The van der Waals surface area contributed by atoms with Crippen molar-refractivity contribution < 1.29 is 4.79 Å². The summed E-state index contributed by atoms with van der Waals surface area (Å²) in [6.07, 6.45) is 4.41. The molecule has 0 spiro atoms. The fourth-order valence-electron chi connectivity index (χ4n) is 2.79. The maximum atomic E-state index is 12.1. The molecular weight excluding hydrogens is 234 g/mol. The largest absolute Gasteiger partial charge is 0.342 e. The van der Waals surface area contributed by atoms with Gasteiger partial charge in [0.05, 0.1) is 0 Å². The molecule has 2 heteroatoms.